The number of carbonyl (C=O) groups is 1. The number of benzene rings is 1. The van der Waals surface area contributed by atoms with Crippen molar-refractivity contribution in [2.24, 2.45) is 11.7 Å². The minimum atomic E-state index is 0. The average molecular weight is 299 g/mol. The van der Waals surface area contributed by atoms with Crippen LogP contribution in [0.4, 0.5) is 0 Å². The van der Waals surface area contributed by atoms with Gasteiger partial charge < -0.3 is 15.4 Å². The maximum atomic E-state index is 12.1. The van der Waals surface area contributed by atoms with Crippen LogP contribution in [0.15, 0.2) is 30.3 Å². The summed E-state index contributed by atoms with van der Waals surface area (Å²) < 4.78 is 5.55. The SMILES string of the molecule is Cl.NCC1CCCN(C(=O)CCOc2ccccc2)C1. The Morgan fingerprint density at radius 2 is 2.10 bits per heavy atom. The van der Waals surface area contributed by atoms with Gasteiger partial charge in [0.25, 0.3) is 0 Å². The predicted molar refractivity (Wildman–Crippen MR) is 82.2 cm³/mol. The van der Waals surface area contributed by atoms with E-state index < -0.39 is 0 Å². The first-order valence-electron chi connectivity index (χ1n) is 6.95. The summed E-state index contributed by atoms with van der Waals surface area (Å²) in [5.74, 6) is 1.45. The van der Waals surface area contributed by atoms with Crippen molar-refractivity contribution >= 4 is 18.3 Å². The molecule has 0 spiro atoms. The van der Waals surface area contributed by atoms with Crippen LogP contribution in [0.2, 0.25) is 0 Å². The summed E-state index contributed by atoms with van der Waals surface area (Å²) in [6.45, 7) is 2.78. The number of likely N-dealkylation sites (tertiary alicyclic amines) is 1. The molecule has 1 aromatic carbocycles. The highest BCUT2D eigenvalue weighted by molar-refractivity contribution is 5.85. The maximum Gasteiger partial charge on any atom is 0.226 e. The number of rotatable bonds is 5. The summed E-state index contributed by atoms with van der Waals surface area (Å²) in [5, 5.41) is 0. The Morgan fingerprint density at radius 1 is 1.35 bits per heavy atom. The molecule has 0 radical (unpaired) electrons. The van der Waals surface area contributed by atoms with Gasteiger partial charge in [-0.1, -0.05) is 18.2 Å². The fourth-order valence-electron chi connectivity index (χ4n) is 2.42. The molecule has 5 heteroatoms. The maximum absolute atomic E-state index is 12.1. The van der Waals surface area contributed by atoms with Crippen LogP contribution >= 0.6 is 12.4 Å². The van der Waals surface area contributed by atoms with Gasteiger partial charge in [0.1, 0.15) is 5.75 Å². The number of halogens is 1. The van der Waals surface area contributed by atoms with E-state index in [1.54, 1.807) is 0 Å². The summed E-state index contributed by atoms with van der Waals surface area (Å²) in [6.07, 6.45) is 2.64. The molecular formula is C15H23ClN2O2. The Morgan fingerprint density at radius 3 is 2.80 bits per heavy atom. The summed E-state index contributed by atoms with van der Waals surface area (Å²) >= 11 is 0. The molecule has 1 amide bonds. The van der Waals surface area contributed by atoms with Gasteiger partial charge >= 0.3 is 0 Å². The highest BCUT2D eigenvalue weighted by Gasteiger charge is 2.22. The second kappa shape index (κ2) is 8.82. The van der Waals surface area contributed by atoms with Crippen LogP contribution in [0, 0.1) is 5.92 Å². The van der Waals surface area contributed by atoms with Crippen LogP contribution in [0.25, 0.3) is 0 Å². The summed E-state index contributed by atoms with van der Waals surface area (Å²) in [6, 6.07) is 9.59. The monoisotopic (exact) mass is 298 g/mol. The smallest absolute Gasteiger partial charge is 0.226 e. The average Bonchev–Trinajstić information content (AvgIpc) is 2.48. The summed E-state index contributed by atoms with van der Waals surface area (Å²) in [5.41, 5.74) is 5.68. The molecule has 1 aromatic rings. The van der Waals surface area contributed by atoms with Gasteiger partial charge in [-0.3, -0.25) is 4.79 Å². The molecule has 1 unspecified atom stereocenters. The molecule has 1 atom stereocenters. The first-order valence-corrected chi connectivity index (χ1v) is 6.95. The van der Waals surface area contributed by atoms with Gasteiger partial charge in [-0.2, -0.15) is 0 Å². The van der Waals surface area contributed by atoms with Gasteiger partial charge in [-0.05, 0) is 37.4 Å². The minimum Gasteiger partial charge on any atom is -0.493 e. The van der Waals surface area contributed by atoms with E-state index in [0.717, 1.165) is 31.7 Å². The number of nitrogens with two attached hydrogens (primary N) is 1. The van der Waals surface area contributed by atoms with E-state index in [-0.39, 0.29) is 18.3 Å². The molecule has 0 bridgehead atoms. The lowest BCUT2D eigenvalue weighted by atomic mass is 9.98. The third-order valence-electron chi connectivity index (χ3n) is 3.53. The molecule has 1 fully saturated rings. The molecule has 0 aromatic heterocycles. The lowest BCUT2D eigenvalue weighted by molar-refractivity contribution is -0.133. The molecule has 20 heavy (non-hydrogen) atoms. The number of carbonyl (C=O) groups excluding carboxylic acids is 1. The van der Waals surface area contributed by atoms with E-state index in [4.69, 9.17) is 10.5 Å². The van der Waals surface area contributed by atoms with Crippen LogP contribution in [0.3, 0.4) is 0 Å². The number of hydrogen-bond acceptors (Lipinski definition) is 3. The van der Waals surface area contributed by atoms with Crippen LogP contribution < -0.4 is 10.5 Å². The fourth-order valence-corrected chi connectivity index (χ4v) is 2.42. The van der Waals surface area contributed by atoms with Crippen molar-refractivity contribution in [3.8, 4) is 5.75 Å². The first kappa shape index (κ1) is 16.8. The molecule has 0 aliphatic carbocycles. The number of piperidine rings is 1. The molecule has 0 saturated carbocycles. The van der Waals surface area contributed by atoms with Crippen molar-refractivity contribution in [1.29, 1.82) is 0 Å². The zero-order valence-corrected chi connectivity index (χ0v) is 12.5. The predicted octanol–water partition coefficient (Wildman–Crippen LogP) is 2.07. The van der Waals surface area contributed by atoms with Crippen molar-refractivity contribution in [3.63, 3.8) is 0 Å². The summed E-state index contributed by atoms with van der Waals surface area (Å²) in [7, 11) is 0. The molecule has 1 heterocycles. The minimum absolute atomic E-state index is 0. The quantitative estimate of drug-likeness (QED) is 0.905. The zero-order chi connectivity index (χ0) is 13.5. The van der Waals surface area contributed by atoms with E-state index in [2.05, 4.69) is 0 Å². The molecule has 1 aliphatic heterocycles. The van der Waals surface area contributed by atoms with Crippen molar-refractivity contribution in [2.45, 2.75) is 19.3 Å². The van der Waals surface area contributed by atoms with Crippen molar-refractivity contribution in [2.75, 3.05) is 26.2 Å². The fraction of sp³-hybridized carbons (Fsp3) is 0.533. The third-order valence-corrected chi connectivity index (χ3v) is 3.53. The van der Waals surface area contributed by atoms with Crippen LogP contribution in [0.1, 0.15) is 19.3 Å². The highest BCUT2D eigenvalue weighted by atomic mass is 35.5. The zero-order valence-electron chi connectivity index (χ0n) is 11.7. The van der Waals surface area contributed by atoms with Gasteiger partial charge in [-0.25, -0.2) is 0 Å². The molecule has 1 saturated heterocycles. The molecule has 4 nitrogen and oxygen atoms in total. The van der Waals surface area contributed by atoms with Crippen LogP contribution in [-0.4, -0.2) is 37.0 Å². The topological polar surface area (TPSA) is 55.6 Å². The van der Waals surface area contributed by atoms with E-state index in [0.29, 0.717) is 25.5 Å². The molecular weight excluding hydrogens is 276 g/mol. The van der Waals surface area contributed by atoms with Crippen LogP contribution in [-0.2, 0) is 4.79 Å². The molecule has 2 N–H and O–H groups in total. The Labute approximate surface area is 126 Å². The largest absolute Gasteiger partial charge is 0.493 e. The molecule has 2 rings (SSSR count). The number of hydrogen-bond donors (Lipinski definition) is 1. The third kappa shape index (κ3) is 5.02. The number of amides is 1. The highest BCUT2D eigenvalue weighted by Crippen LogP contribution is 2.16. The standard InChI is InChI=1S/C15H22N2O2.ClH/c16-11-13-5-4-9-17(12-13)15(18)8-10-19-14-6-2-1-3-7-14;/h1-3,6-7,13H,4-5,8-12,16H2;1H. The van der Waals surface area contributed by atoms with E-state index in [9.17, 15) is 4.79 Å². The van der Waals surface area contributed by atoms with E-state index in [1.165, 1.54) is 0 Å². The van der Waals surface area contributed by atoms with Crippen molar-refractivity contribution in [3.05, 3.63) is 30.3 Å². The second-order valence-electron chi connectivity index (χ2n) is 5.00. The van der Waals surface area contributed by atoms with E-state index >= 15 is 0 Å². The Balaban J connectivity index is 0.00000200. The number of ether oxygens (including phenoxy) is 1. The second-order valence-corrected chi connectivity index (χ2v) is 5.00. The number of para-hydroxylation sites is 1. The lowest BCUT2D eigenvalue weighted by Crippen LogP contribution is -2.42. The van der Waals surface area contributed by atoms with Crippen molar-refractivity contribution < 1.29 is 9.53 Å². The van der Waals surface area contributed by atoms with Gasteiger partial charge in [-0.15, -0.1) is 12.4 Å². The summed E-state index contributed by atoms with van der Waals surface area (Å²) in [4.78, 5) is 14.0. The van der Waals surface area contributed by atoms with E-state index in [1.807, 2.05) is 35.2 Å². The molecule has 112 valence electrons. The first-order chi connectivity index (χ1) is 9.29. The lowest BCUT2D eigenvalue weighted by Gasteiger charge is -2.32. The number of nitrogens with zero attached hydrogens (tertiary/aromatic N) is 1. The van der Waals surface area contributed by atoms with Crippen molar-refractivity contribution in [1.82, 2.24) is 4.90 Å². The van der Waals surface area contributed by atoms with Gasteiger partial charge in [0.15, 0.2) is 0 Å². The molecule has 1 aliphatic rings. The van der Waals surface area contributed by atoms with Gasteiger partial charge in [0, 0.05) is 13.1 Å². The Hall–Kier alpha value is -1.26. The van der Waals surface area contributed by atoms with Gasteiger partial charge in [0.2, 0.25) is 5.91 Å². The van der Waals surface area contributed by atoms with Gasteiger partial charge in [0.05, 0.1) is 13.0 Å². The Kier molecular flexibility index (Phi) is 7.41. The van der Waals surface area contributed by atoms with Crippen LogP contribution in [0.5, 0.6) is 5.75 Å². The normalized spacial score (nSPS) is 18.2. The Bertz CT molecular complexity index is 400.